The number of anilines is 1. The molecule has 1 aromatic heterocycles. The van der Waals surface area contributed by atoms with E-state index in [1.165, 1.54) is 11.1 Å². The number of imidazole rings is 1. The summed E-state index contributed by atoms with van der Waals surface area (Å²) >= 11 is 0. The molecule has 4 aromatic rings. The molecule has 0 aliphatic carbocycles. The molecule has 4 nitrogen and oxygen atoms in total. The van der Waals surface area contributed by atoms with Crippen molar-refractivity contribution in [1.29, 1.82) is 0 Å². The number of benzene rings is 3. The summed E-state index contributed by atoms with van der Waals surface area (Å²) in [5.74, 6) is 0.360. The van der Waals surface area contributed by atoms with Crippen molar-refractivity contribution < 1.29 is 0 Å². The highest BCUT2D eigenvalue weighted by atomic mass is 15.4. The second-order valence-corrected chi connectivity index (χ2v) is 5.93. The van der Waals surface area contributed by atoms with Gasteiger partial charge in [0.2, 0.25) is 5.95 Å². The molecule has 0 atom stereocenters. The first kappa shape index (κ1) is 15.8. The summed E-state index contributed by atoms with van der Waals surface area (Å²) in [6, 6.07) is 28.5. The summed E-state index contributed by atoms with van der Waals surface area (Å²) in [5.41, 5.74) is 11.2. The van der Waals surface area contributed by atoms with Crippen molar-refractivity contribution in [1.82, 2.24) is 9.66 Å². The highest BCUT2D eigenvalue weighted by Crippen LogP contribution is 2.24. The Labute approximate surface area is 152 Å². The predicted octanol–water partition coefficient (Wildman–Crippen LogP) is 4.68. The lowest BCUT2D eigenvalue weighted by molar-refractivity contribution is 0.898. The van der Waals surface area contributed by atoms with Gasteiger partial charge in [0.05, 0.1) is 18.1 Å². The Morgan fingerprint density at radius 2 is 1.31 bits per heavy atom. The van der Waals surface area contributed by atoms with Gasteiger partial charge in [-0.15, -0.1) is 0 Å². The molecular weight excluding hydrogens is 320 g/mol. The van der Waals surface area contributed by atoms with E-state index in [1.54, 1.807) is 10.9 Å². The molecule has 2 N–H and O–H groups in total. The van der Waals surface area contributed by atoms with Crippen LogP contribution in [0.25, 0.3) is 22.4 Å². The number of hydrogen-bond donors (Lipinski definition) is 1. The highest BCUT2D eigenvalue weighted by molar-refractivity contribution is 5.79. The van der Waals surface area contributed by atoms with Crippen molar-refractivity contribution in [2.75, 3.05) is 5.73 Å². The predicted molar refractivity (Wildman–Crippen MR) is 107 cm³/mol. The summed E-state index contributed by atoms with van der Waals surface area (Å²) in [4.78, 5) is 4.42. The van der Waals surface area contributed by atoms with Crippen molar-refractivity contribution in [3.05, 3.63) is 96.7 Å². The minimum absolute atomic E-state index is 0.360. The molecule has 3 aromatic carbocycles. The molecule has 0 aliphatic rings. The fourth-order valence-electron chi connectivity index (χ4n) is 2.75. The number of nitrogen functional groups attached to an aromatic ring is 1. The second kappa shape index (κ2) is 7.07. The van der Waals surface area contributed by atoms with Crippen LogP contribution >= 0.6 is 0 Å². The Hall–Kier alpha value is -3.66. The summed E-state index contributed by atoms with van der Waals surface area (Å²) in [5, 5.41) is 4.39. The number of aromatic nitrogens is 2. The fourth-order valence-corrected chi connectivity index (χ4v) is 2.75. The molecule has 126 valence electrons. The first-order valence-corrected chi connectivity index (χ1v) is 8.40. The summed E-state index contributed by atoms with van der Waals surface area (Å²) in [7, 11) is 0. The Morgan fingerprint density at radius 3 is 2.00 bits per heavy atom. The van der Waals surface area contributed by atoms with Crippen molar-refractivity contribution in [3.8, 4) is 22.4 Å². The van der Waals surface area contributed by atoms with E-state index in [0.717, 1.165) is 16.8 Å². The Kier molecular flexibility index (Phi) is 4.31. The average Bonchev–Trinajstić information content (AvgIpc) is 3.09. The second-order valence-electron chi connectivity index (χ2n) is 5.93. The molecule has 4 heteroatoms. The minimum Gasteiger partial charge on any atom is -0.368 e. The van der Waals surface area contributed by atoms with Crippen LogP contribution in [0, 0.1) is 0 Å². The van der Waals surface area contributed by atoms with E-state index in [2.05, 4.69) is 46.5 Å². The number of rotatable bonds is 4. The van der Waals surface area contributed by atoms with Crippen molar-refractivity contribution in [3.63, 3.8) is 0 Å². The van der Waals surface area contributed by atoms with E-state index >= 15 is 0 Å². The Balaban J connectivity index is 1.58. The van der Waals surface area contributed by atoms with Gasteiger partial charge >= 0.3 is 0 Å². The lowest BCUT2D eigenvalue weighted by atomic mass is 10.0. The first-order valence-electron chi connectivity index (χ1n) is 8.40. The highest BCUT2D eigenvalue weighted by Gasteiger charge is 2.07. The van der Waals surface area contributed by atoms with Gasteiger partial charge in [-0.2, -0.15) is 5.10 Å². The van der Waals surface area contributed by atoms with E-state index in [1.807, 2.05) is 54.7 Å². The summed E-state index contributed by atoms with van der Waals surface area (Å²) in [6.45, 7) is 0. The maximum absolute atomic E-state index is 6.00. The molecule has 1 heterocycles. The molecule has 0 saturated carbocycles. The third-order valence-corrected chi connectivity index (χ3v) is 4.13. The van der Waals surface area contributed by atoms with Gasteiger partial charge in [0, 0.05) is 5.56 Å². The van der Waals surface area contributed by atoms with Crippen LogP contribution in [-0.4, -0.2) is 15.9 Å². The lowest BCUT2D eigenvalue weighted by Crippen LogP contribution is -1.96. The van der Waals surface area contributed by atoms with Crippen LogP contribution in [0.15, 0.2) is 96.2 Å². The van der Waals surface area contributed by atoms with Gasteiger partial charge in [-0.05, 0) is 16.7 Å². The van der Waals surface area contributed by atoms with E-state index in [9.17, 15) is 0 Å². The molecule has 0 spiro atoms. The number of hydrogen-bond acceptors (Lipinski definition) is 3. The quantitative estimate of drug-likeness (QED) is 0.549. The zero-order chi connectivity index (χ0) is 17.8. The molecular formula is C22H18N4. The van der Waals surface area contributed by atoms with Gasteiger partial charge in [0.1, 0.15) is 0 Å². The molecule has 0 unspecified atom stereocenters. The van der Waals surface area contributed by atoms with E-state index in [4.69, 9.17) is 5.73 Å². The number of nitrogens with zero attached hydrogens (tertiary/aromatic N) is 3. The van der Waals surface area contributed by atoms with Crippen molar-refractivity contribution in [2.45, 2.75) is 0 Å². The first-order chi connectivity index (χ1) is 12.8. The molecule has 0 aliphatic heterocycles. The molecule has 0 bridgehead atoms. The summed E-state index contributed by atoms with van der Waals surface area (Å²) < 4.78 is 1.59. The Bertz CT molecular complexity index is 1020. The zero-order valence-corrected chi connectivity index (χ0v) is 14.2. The normalized spacial score (nSPS) is 11.1. The third kappa shape index (κ3) is 3.39. The SMILES string of the molecule is Nc1nc(-c2ccc(-c3ccccc3)cc2)cn1N=Cc1ccccc1. The number of nitrogens with two attached hydrogens (primary N) is 1. The lowest BCUT2D eigenvalue weighted by Gasteiger charge is -2.02. The molecule has 0 radical (unpaired) electrons. The van der Waals surface area contributed by atoms with Crippen LogP contribution in [0.3, 0.4) is 0 Å². The van der Waals surface area contributed by atoms with Crippen LogP contribution in [0.4, 0.5) is 5.95 Å². The van der Waals surface area contributed by atoms with Gasteiger partial charge < -0.3 is 5.73 Å². The van der Waals surface area contributed by atoms with Crippen molar-refractivity contribution >= 4 is 12.2 Å². The monoisotopic (exact) mass is 338 g/mol. The van der Waals surface area contributed by atoms with Gasteiger partial charge in [-0.1, -0.05) is 84.9 Å². The zero-order valence-electron chi connectivity index (χ0n) is 14.2. The van der Waals surface area contributed by atoms with Gasteiger partial charge in [-0.25, -0.2) is 9.66 Å². The molecule has 4 rings (SSSR count). The molecule has 0 amide bonds. The molecule has 0 fully saturated rings. The maximum Gasteiger partial charge on any atom is 0.221 e. The Morgan fingerprint density at radius 1 is 0.731 bits per heavy atom. The molecule has 26 heavy (non-hydrogen) atoms. The van der Waals surface area contributed by atoms with Crippen LogP contribution in [-0.2, 0) is 0 Å². The third-order valence-electron chi connectivity index (χ3n) is 4.13. The van der Waals surface area contributed by atoms with Crippen LogP contribution in [0.2, 0.25) is 0 Å². The average molecular weight is 338 g/mol. The molecule has 0 saturated heterocycles. The van der Waals surface area contributed by atoms with E-state index < -0.39 is 0 Å². The van der Waals surface area contributed by atoms with Crippen LogP contribution in [0.1, 0.15) is 5.56 Å². The van der Waals surface area contributed by atoms with Crippen LogP contribution < -0.4 is 5.73 Å². The van der Waals surface area contributed by atoms with Gasteiger partial charge in [0.15, 0.2) is 0 Å². The standard InChI is InChI=1S/C22H18N4/c23-22-25-21(16-26(22)24-15-17-7-3-1-4-8-17)20-13-11-19(12-14-20)18-9-5-2-6-10-18/h1-16H,(H2,23,25). The van der Waals surface area contributed by atoms with Crippen LogP contribution in [0.5, 0.6) is 0 Å². The van der Waals surface area contributed by atoms with Gasteiger partial charge in [-0.3, -0.25) is 0 Å². The smallest absolute Gasteiger partial charge is 0.221 e. The maximum atomic E-state index is 6.00. The fraction of sp³-hybridized carbons (Fsp3) is 0. The van der Waals surface area contributed by atoms with Gasteiger partial charge in [0.25, 0.3) is 0 Å². The van der Waals surface area contributed by atoms with E-state index in [0.29, 0.717) is 5.95 Å². The van der Waals surface area contributed by atoms with E-state index in [-0.39, 0.29) is 0 Å². The summed E-state index contributed by atoms with van der Waals surface area (Å²) in [6.07, 6.45) is 3.60. The topological polar surface area (TPSA) is 56.2 Å². The largest absolute Gasteiger partial charge is 0.368 e. The minimum atomic E-state index is 0.360. The van der Waals surface area contributed by atoms with Crippen molar-refractivity contribution in [2.24, 2.45) is 5.10 Å².